The van der Waals surface area contributed by atoms with Crippen LogP contribution in [-0.2, 0) is 6.18 Å². The highest BCUT2D eigenvalue weighted by Crippen LogP contribution is 2.37. The molecule has 3 rings (SSSR count). The van der Waals surface area contributed by atoms with Gasteiger partial charge in [0.15, 0.2) is 5.82 Å². The number of hydrogen-bond acceptors (Lipinski definition) is 4. The lowest BCUT2D eigenvalue weighted by Crippen LogP contribution is -2.10. The molecule has 0 radical (unpaired) electrons. The summed E-state index contributed by atoms with van der Waals surface area (Å²) in [5, 5.41) is 0.738. The fourth-order valence-electron chi connectivity index (χ4n) is 2.44. The van der Waals surface area contributed by atoms with Gasteiger partial charge >= 0.3 is 6.18 Å². The first-order valence-corrected chi connectivity index (χ1v) is 7.94. The Labute approximate surface area is 130 Å². The molecule has 0 aromatic carbocycles. The molecule has 2 aromatic heterocycles. The van der Waals surface area contributed by atoms with E-state index in [1.807, 2.05) is 0 Å². The number of rotatable bonds is 3. The maximum atomic E-state index is 13.1. The summed E-state index contributed by atoms with van der Waals surface area (Å²) in [6.45, 7) is 0. The van der Waals surface area contributed by atoms with Gasteiger partial charge in [0.25, 0.3) is 0 Å². The molecule has 1 aliphatic rings. The highest BCUT2D eigenvalue weighted by molar-refractivity contribution is 7.99. The Morgan fingerprint density at radius 1 is 1.05 bits per heavy atom. The molecule has 1 aliphatic carbocycles. The van der Waals surface area contributed by atoms with Crippen LogP contribution in [0.2, 0.25) is 0 Å². The smallest absolute Gasteiger partial charge is 0.265 e. The zero-order valence-corrected chi connectivity index (χ0v) is 12.5. The van der Waals surface area contributed by atoms with Gasteiger partial charge in [0.1, 0.15) is 10.7 Å². The Balaban J connectivity index is 1.98. The van der Waals surface area contributed by atoms with Crippen LogP contribution < -0.4 is 0 Å². The summed E-state index contributed by atoms with van der Waals surface area (Å²) in [7, 11) is 0. The predicted molar refractivity (Wildman–Crippen MR) is 78.4 cm³/mol. The van der Waals surface area contributed by atoms with Crippen molar-refractivity contribution in [3.05, 3.63) is 36.3 Å². The maximum Gasteiger partial charge on any atom is 0.433 e. The van der Waals surface area contributed by atoms with Gasteiger partial charge in [-0.1, -0.05) is 12.8 Å². The molecular weight excluding hydrogens is 311 g/mol. The van der Waals surface area contributed by atoms with E-state index in [9.17, 15) is 13.2 Å². The van der Waals surface area contributed by atoms with E-state index < -0.39 is 11.9 Å². The molecule has 3 nitrogen and oxygen atoms in total. The van der Waals surface area contributed by atoms with Crippen LogP contribution >= 0.6 is 11.8 Å². The van der Waals surface area contributed by atoms with Crippen LogP contribution in [0.5, 0.6) is 0 Å². The van der Waals surface area contributed by atoms with Crippen LogP contribution in [0, 0.1) is 0 Å². The third kappa shape index (κ3) is 3.58. The maximum absolute atomic E-state index is 13.1. The van der Waals surface area contributed by atoms with Crippen molar-refractivity contribution in [2.45, 2.75) is 42.1 Å². The molecule has 0 saturated heterocycles. The van der Waals surface area contributed by atoms with Crippen molar-refractivity contribution in [2.75, 3.05) is 0 Å². The zero-order chi connectivity index (χ0) is 15.6. The van der Waals surface area contributed by atoms with Gasteiger partial charge in [-0.25, -0.2) is 9.97 Å². The monoisotopic (exact) mass is 325 g/mol. The van der Waals surface area contributed by atoms with Crippen LogP contribution in [0.3, 0.4) is 0 Å². The first-order chi connectivity index (χ1) is 10.5. The molecule has 2 aromatic rings. The average molecular weight is 325 g/mol. The molecule has 0 unspecified atom stereocenters. The SMILES string of the molecule is FC(F)(F)c1cc(SC2CCCC2)nc(-c2ccncc2)n1. The normalized spacial score (nSPS) is 16.1. The number of pyridine rings is 1. The highest BCUT2D eigenvalue weighted by Gasteiger charge is 2.34. The molecule has 2 heterocycles. The quantitative estimate of drug-likeness (QED) is 0.774. The van der Waals surface area contributed by atoms with Crippen molar-refractivity contribution < 1.29 is 13.2 Å². The summed E-state index contributed by atoms with van der Waals surface area (Å²) in [5.41, 5.74) is -0.357. The Bertz CT molecular complexity index is 640. The number of thioether (sulfide) groups is 1. The number of halogens is 3. The Kier molecular flexibility index (Phi) is 4.33. The van der Waals surface area contributed by atoms with Crippen LogP contribution in [0.4, 0.5) is 13.2 Å². The van der Waals surface area contributed by atoms with Crippen LogP contribution in [0.25, 0.3) is 11.4 Å². The lowest BCUT2D eigenvalue weighted by molar-refractivity contribution is -0.141. The lowest BCUT2D eigenvalue weighted by atomic mass is 10.2. The summed E-state index contributed by atoms with van der Waals surface area (Å²) < 4.78 is 39.2. The summed E-state index contributed by atoms with van der Waals surface area (Å²) in [4.78, 5) is 11.8. The number of alkyl halides is 3. The van der Waals surface area contributed by atoms with Crippen molar-refractivity contribution in [1.29, 1.82) is 0 Å². The second kappa shape index (κ2) is 6.24. The van der Waals surface area contributed by atoms with E-state index in [0.29, 0.717) is 15.8 Å². The van der Waals surface area contributed by atoms with Crippen molar-refractivity contribution in [2.24, 2.45) is 0 Å². The van der Waals surface area contributed by atoms with E-state index in [2.05, 4.69) is 15.0 Å². The topological polar surface area (TPSA) is 38.7 Å². The Hall–Kier alpha value is -1.63. The molecule has 0 atom stereocenters. The van der Waals surface area contributed by atoms with Crippen molar-refractivity contribution >= 4 is 11.8 Å². The van der Waals surface area contributed by atoms with Crippen molar-refractivity contribution in [3.63, 3.8) is 0 Å². The minimum absolute atomic E-state index is 0.0951. The Morgan fingerprint density at radius 2 is 1.73 bits per heavy atom. The minimum Gasteiger partial charge on any atom is -0.265 e. The zero-order valence-electron chi connectivity index (χ0n) is 11.7. The molecule has 116 valence electrons. The molecule has 7 heteroatoms. The van der Waals surface area contributed by atoms with E-state index in [1.165, 1.54) is 24.2 Å². The van der Waals surface area contributed by atoms with E-state index in [1.54, 1.807) is 12.1 Å². The summed E-state index contributed by atoms with van der Waals surface area (Å²) in [6, 6.07) is 4.27. The predicted octanol–water partition coefficient (Wildman–Crippen LogP) is 4.59. The highest BCUT2D eigenvalue weighted by atomic mass is 32.2. The third-order valence-corrected chi connectivity index (χ3v) is 4.78. The average Bonchev–Trinajstić information content (AvgIpc) is 3.00. The van der Waals surface area contributed by atoms with Gasteiger partial charge in [0, 0.05) is 29.3 Å². The fraction of sp³-hybridized carbons (Fsp3) is 0.400. The molecule has 0 bridgehead atoms. The molecule has 1 fully saturated rings. The van der Waals surface area contributed by atoms with Gasteiger partial charge in [0.2, 0.25) is 0 Å². The lowest BCUT2D eigenvalue weighted by Gasteiger charge is -2.12. The molecular formula is C15H14F3N3S. The first kappa shape index (κ1) is 15.3. The van der Waals surface area contributed by atoms with Gasteiger partial charge < -0.3 is 0 Å². The van der Waals surface area contributed by atoms with E-state index in [-0.39, 0.29) is 5.82 Å². The number of hydrogen-bond donors (Lipinski definition) is 0. The van der Waals surface area contributed by atoms with E-state index >= 15 is 0 Å². The molecule has 1 saturated carbocycles. The van der Waals surface area contributed by atoms with Gasteiger partial charge in [-0.3, -0.25) is 4.98 Å². The van der Waals surface area contributed by atoms with E-state index in [4.69, 9.17) is 0 Å². The van der Waals surface area contributed by atoms with Crippen molar-refractivity contribution in [3.8, 4) is 11.4 Å². The fourth-order valence-corrected chi connectivity index (χ4v) is 3.67. The van der Waals surface area contributed by atoms with Gasteiger partial charge in [-0.05, 0) is 25.0 Å². The van der Waals surface area contributed by atoms with Gasteiger partial charge in [0.05, 0.1) is 0 Å². The summed E-state index contributed by atoms with van der Waals surface area (Å²) >= 11 is 1.42. The summed E-state index contributed by atoms with van der Waals surface area (Å²) in [5.74, 6) is 0.0951. The standard InChI is InChI=1S/C15H14F3N3S/c16-15(17,18)12-9-13(22-11-3-1-2-4-11)21-14(20-12)10-5-7-19-8-6-10/h5-9,11H,1-4H2. The molecule has 0 N–H and O–H groups in total. The number of nitrogens with zero attached hydrogens (tertiary/aromatic N) is 3. The van der Waals surface area contributed by atoms with Gasteiger partial charge in [-0.2, -0.15) is 13.2 Å². The Morgan fingerprint density at radius 3 is 2.36 bits per heavy atom. The second-order valence-electron chi connectivity index (χ2n) is 5.17. The number of aromatic nitrogens is 3. The van der Waals surface area contributed by atoms with Crippen molar-refractivity contribution in [1.82, 2.24) is 15.0 Å². The first-order valence-electron chi connectivity index (χ1n) is 7.06. The molecule has 0 aliphatic heterocycles. The van der Waals surface area contributed by atoms with Crippen LogP contribution in [0.15, 0.2) is 35.6 Å². The third-order valence-electron chi connectivity index (χ3n) is 3.52. The van der Waals surface area contributed by atoms with Crippen LogP contribution in [-0.4, -0.2) is 20.2 Å². The van der Waals surface area contributed by atoms with E-state index in [0.717, 1.165) is 31.7 Å². The molecule has 0 spiro atoms. The molecule has 22 heavy (non-hydrogen) atoms. The van der Waals surface area contributed by atoms with Crippen LogP contribution in [0.1, 0.15) is 31.4 Å². The second-order valence-corrected chi connectivity index (χ2v) is 6.49. The summed E-state index contributed by atoms with van der Waals surface area (Å²) in [6.07, 6.45) is 2.88. The largest absolute Gasteiger partial charge is 0.433 e. The van der Waals surface area contributed by atoms with Gasteiger partial charge in [-0.15, -0.1) is 11.8 Å². The molecule has 0 amide bonds. The minimum atomic E-state index is -4.48.